The van der Waals surface area contributed by atoms with Gasteiger partial charge in [-0.05, 0) is 37.3 Å². The molecule has 1 fully saturated rings. The van der Waals surface area contributed by atoms with E-state index in [-0.39, 0.29) is 17.8 Å². The SMILES string of the molecule is C[C@H]1CN(C2=c3cc(F)ccc3=C(Cl)NN2)CCN1C(=O)c1ccccc1. The second-order valence-electron chi connectivity index (χ2n) is 6.76. The van der Waals surface area contributed by atoms with Crippen molar-refractivity contribution in [3.63, 3.8) is 0 Å². The zero-order valence-corrected chi connectivity index (χ0v) is 15.6. The van der Waals surface area contributed by atoms with Crippen molar-refractivity contribution in [3.8, 4) is 0 Å². The Morgan fingerprint density at radius 2 is 1.89 bits per heavy atom. The van der Waals surface area contributed by atoms with Gasteiger partial charge in [-0.25, -0.2) is 4.39 Å². The molecule has 0 bridgehead atoms. The van der Waals surface area contributed by atoms with Gasteiger partial charge in [-0.2, -0.15) is 0 Å². The van der Waals surface area contributed by atoms with E-state index in [0.29, 0.717) is 35.6 Å². The monoisotopic (exact) mass is 386 g/mol. The number of amides is 1. The van der Waals surface area contributed by atoms with Gasteiger partial charge in [0.25, 0.3) is 5.91 Å². The van der Waals surface area contributed by atoms with Crippen molar-refractivity contribution >= 4 is 28.5 Å². The second-order valence-corrected chi connectivity index (χ2v) is 7.14. The van der Waals surface area contributed by atoms with Crippen LogP contribution in [0.5, 0.6) is 0 Å². The first kappa shape index (κ1) is 17.7. The van der Waals surface area contributed by atoms with Gasteiger partial charge in [0.05, 0.1) is 0 Å². The molecule has 0 radical (unpaired) electrons. The van der Waals surface area contributed by atoms with Crippen molar-refractivity contribution in [3.05, 3.63) is 70.3 Å². The third kappa shape index (κ3) is 3.32. The quantitative estimate of drug-likeness (QED) is 0.760. The molecule has 2 heterocycles. The van der Waals surface area contributed by atoms with E-state index >= 15 is 0 Å². The lowest BCUT2D eigenvalue weighted by Gasteiger charge is -2.42. The molecule has 1 saturated heterocycles. The average molecular weight is 387 g/mol. The lowest BCUT2D eigenvalue weighted by molar-refractivity contribution is 0.0562. The van der Waals surface area contributed by atoms with Crippen molar-refractivity contribution in [1.29, 1.82) is 0 Å². The van der Waals surface area contributed by atoms with E-state index < -0.39 is 0 Å². The van der Waals surface area contributed by atoms with Crippen LogP contribution in [0.3, 0.4) is 0 Å². The van der Waals surface area contributed by atoms with Crippen molar-refractivity contribution in [2.24, 2.45) is 0 Å². The maximum Gasteiger partial charge on any atom is 0.254 e. The van der Waals surface area contributed by atoms with E-state index in [1.54, 1.807) is 6.07 Å². The summed E-state index contributed by atoms with van der Waals surface area (Å²) in [5.74, 6) is 0.489. The Bertz CT molecular complexity index is 995. The molecule has 0 aromatic heterocycles. The molecular weight excluding hydrogens is 367 g/mol. The Hall–Kier alpha value is -2.73. The number of hydrazine groups is 1. The van der Waals surface area contributed by atoms with Gasteiger partial charge in [0.15, 0.2) is 0 Å². The molecule has 0 spiro atoms. The summed E-state index contributed by atoms with van der Waals surface area (Å²) in [6.07, 6.45) is 0. The zero-order valence-electron chi connectivity index (χ0n) is 14.9. The smallest absolute Gasteiger partial charge is 0.254 e. The topological polar surface area (TPSA) is 47.6 Å². The molecule has 2 aliphatic heterocycles. The van der Waals surface area contributed by atoms with E-state index in [9.17, 15) is 9.18 Å². The van der Waals surface area contributed by atoms with Crippen molar-refractivity contribution in [1.82, 2.24) is 20.7 Å². The summed E-state index contributed by atoms with van der Waals surface area (Å²) in [4.78, 5) is 16.8. The fourth-order valence-electron chi connectivity index (χ4n) is 3.61. The molecule has 5 nitrogen and oxygen atoms in total. The summed E-state index contributed by atoms with van der Waals surface area (Å²) >= 11 is 6.20. The Labute approximate surface area is 161 Å². The van der Waals surface area contributed by atoms with Gasteiger partial charge >= 0.3 is 0 Å². The van der Waals surface area contributed by atoms with Gasteiger partial charge in [0.2, 0.25) is 0 Å². The number of carbonyl (C=O) groups is 1. The Kier molecular flexibility index (Phi) is 4.66. The number of carbonyl (C=O) groups excluding carboxylic acids is 1. The first-order chi connectivity index (χ1) is 13.0. The molecule has 0 saturated carbocycles. The third-order valence-corrected chi connectivity index (χ3v) is 5.29. The third-order valence-electron chi connectivity index (χ3n) is 4.99. The number of nitrogens with zero attached hydrogens (tertiary/aromatic N) is 2. The highest BCUT2D eigenvalue weighted by atomic mass is 35.5. The van der Waals surface area contributed by atoms with Gasteiger partial charge < -0.3 is 9.80 Å². The summed E-state index contributed by atoms with van der Waals surface area (Å²) < 4.78 is 13.8. The summed E-state index contributed by atoms with van der Waals surface area (Å²) in [6.45, 7) is 3.88. The van der Waals surface area contributed by atoms with Crippen LogP contribution in [-0.2, 0) is 0 Å². The van der Waals surface area contributed by atoms with Gasteiger partial charge in [0.1, 0.15) is 16.8 Å². The van der Waals surface area contributed by atoms with Gasteiger partial charge in [-0.1, -0.05) is 29.8 Å². The zero-order chi connectivity index (χ0) is 19.0. The second kappa shape index (κ2) is 7.12. The number of nitrogens with one attached hydrogen (secondary N) is 2. The van der Waals surface area contributed by atoms with E-state index in [0.717, 1.165) is 11.0 Å². The molecule has 140 valence electrons. The predicted octanol–water partition coefficient (Wildman–Crippen LogP) is 1.15. The first-order valence-electron chi connectivity index (χ1n) is 8.87. The van der Waals surface area contributed by atoms with E-state index in [1.807, 2.05) is 42.2 Å². The van der Waals surface area contributed by atoms with E-state index in [1.165, 1.54) is 12.1 Å². The summed E-state index contributed by atoms with van der Waals surface area (Å²) in [5.41, 5.74) is 6.69. The number of piperazine rings is 1. The van der Waals surface area contributed by atoms with Crippen LogP contribution >= 0.6 is 11.6 Å². The highest BCUT2D eigenvalue weighted by molar-refractivity contribution is 6.44. The molecule has 2 aromatic rings. The molecule has 2 aliphatic rings. The highest BCUT2D eigenvalue weighted by Crippen LogP contribution is 2.17. The molecule has 2 N–H and O–H groups in total. The fourth-order valence-corrected chi connectivity index (χ4v) is 3.82. The Morgan fingerprint density at radius 3 is 2.63 bits per heavy atom. The largest absolute Gasteiger partial charge is 0.353 e. The number of fused-ring (bicyclic) bond motifs is 1. The van der Waals surface area contributed by atoms with Crippen LogP contribution in [0.4, 0.5) is 4.39 Å². The molecule has 2 aromatic carbocycles. The summed E-state index contributed by atoms with van der Waals surface area (Å²) in [7, 11) is 0. The maximum absolute atomic E-state index is 13.8. The standard InChI is InChI=1S/C20H20ClFN4O/c1-13-12-25(9-10-26(13)20(27)14-5-3-2-4-6-14)19-17-11-15(22)7-8-16(17)18(21)23-24-19/h2-8,11,13,23-24H,9-10,12H2,1H3/t13-/m0/s1. The molecule has 0 unspecified atom stereocenters. The number of hydrogen-bond donors (Lipinski definition) is 2. The van der Waals surface area contributed by atoms with Crippen LogP contribution < -0.4 is 21.3 Å². The maximum atomic E-state index is 13.8. The number of halogens is 2. The number of rotatable bonds is 2. The van der Waals surface area contributed by atoms with Crippen LogP contribution in [0.1, 0.15) is 17.3 Å². The van der Waals surface area contributed by atoms with Crippen LogP contribution in [0.2, 0.25) is 0 Å². The lowest BCUT2D eigenvalue weighted by atomic mass is 10.1. The summed E-state index contributed by atoms with van der Waals surface area (Å²) in [6, 6.07) is 13.9. The van der Waals surface area contributed by atoms with Crippen molar-refractivity contribution in [2.75, 3.05) is 19.6 Å². The minimum absolute atomic E-state index is 0.0131. The van der Waals surface area contributed by atoms with Gasteiger partial charge in [0, 0.05) is 41.7 Å². The molecule has 0 aliphatic carbocycles. The molecule has 7 heteroatoms. The summed E-state index contributed by atoms with van der Waals surface area (Å²) in [5, 5.41) is 1.90. The number of hydrogen-bond acceptors (Lipinski definition) is 4. The van der Waals surface area contributed by atoms with Crippen molar-refractivity contribution < 1.29 is 9.18 Å². The van der Waals surface area contributed by atoms with E-state index in [4.69, 9.17) is 11.6 Å². The number of benzene rings is 2. The van der Waals surface area contributed by atoms with Crippen LogP contribution in [0, 0.1) is 5.82 Å². The van der Waals surface area contributed by atoms with Gasteiger partial charge in [-0.15, -0.1) is 0 Å². The molecule has 27 heavy (non-hydrogen) atoms. The Balaban J connectivity index is 1.62. The first-order valence-corrected chi connectivity index (χ1v) is 9.25. The molecule has 1 atom stereocenters. The molecule has 4 rings (SSSR count). The minimum Gasteiger partial charge on any atom is -0.353 e. The average Bonchev–Trinajstić information content (AvgIpc) is 2.68. The van der Waals surface area contributed by atoms with Crippen LogP contribution in [0.25, 0.3) is 11.0 Å². The van der Waals surface area contributed by atoms with Crippen molar-refractivity contribution in [2.45, 2.75) is 13.0 Å². The van der Waals surface area contributed by atoms with Crippen LogP contribution in [0.15, 0.2) is 48.5 Å². The Morgan fingerprint density at radius 1 is 1.11 bits per heavy atom. The highest BCUT2D eigenvalue weighted by Gasteiger charge is 2.30. The van der Waals surface area contributed by atoms with E-state index in [2.05, 4.69) is 15.8 Å². The lowest BCUT2D eigenvalue weighted by Crippen LogP contribution is -2.58. The fraction of sp³-hybridized carbons (Fsp3) is 0.250. The molecule has 1 amide bonds. The van der Waals surface area contributed by atoms with Gasteiger partial charge in [-0.3, -0.25) is 15.6 Å². The normalized spacial score (nSPS) is 19.3. The minimum atomic E-state index is -0.314. The van der Waals surface area contributed by atoms with Crippen LogP contribution in [-0.4, -0.2) is 41.4 Å². The molecular formula is C20H20ClFN4O. The predicted molar refractivity (Wildman–Crippen MR) is 103 cm³/mol.